The van der Waals surface area contributed by atoms with Gasteiger partial charge in [0.1, 0.15) is 0 Å². The van der Waals surface area contributed by atoms with Gasteiger partial charge in [-0.3, -0.25) is 4.90 Å². The van der Waals surface area contributed by atoms with E-state index in [-0.39, 0.29) is 0 Å². The fourth-order valence-corrected chi connectivity index (χ4v) is 3.80. The average molecular weight is 252 g/mol. The highest BCUT2D eigenvalue weighted by Gasteiger charge is 2.29. The van der Waals surface area contributed by atoms with E-state index < -0.39 is 0 Å². The molecule has 2 rings (SSSR count). The summed E-state index contributed by atoms with van der Waals surface area (Å²) in [6.45, 7) is 8.84. The molecule has 1 aromatic rings. The maximum absolute atomic E-state index is 5.94. The zero-order chi connectivity index (χ0) is 12.4. The number of nitrogens with two attached hydrogens (primary N) is 1. The summed E-state index contributed by atoms with van der Waals surface area (Å²) >= 11 is 1.92. The Morgan fingerprint density at radius 3 is 2.88 bits per heavy atom. The summed E-state index contributed by atoms with van der Waals surface area (Å²) in [7, 11) is 0. The van der Waals surface area contributed by atoms with E-state index in [0.717, 1.165) is 12.5 Å². The van der Waals surface area contributed by atoms with Crippen LogP contribution in [0.5, 0.6) is 0 Å². The minimum atomic E-state index is 0.523. The molecular weight excluding hydrogens is 228 g/mol. The topological polar surface area (TPSA) is 29.3 Å². The molecule has 17 heavy (non-hydrogen) atoms. The second-order valence-corrected chi connectivity index (χ2v) is 6.70. The van der Waals surface area contributed by atoms with Crippen molar-refractivity contribution in [2.24, 2.45) is 11.7 Å². The van der Waals surface area contributed by atoms with Crippen LogP contribution in [0.1, 0.15) is 42.5 Å². The lowest BCUT2D eigenvalue weighted by molar-refractivity contribution is 0.0849. The molecule has 3 unspecified atom stereocenters. The van der Waals surface area contributed by atoms with Crippen molar-refractivity contribution in [2.75, 3.05) is 13.1 Å². The van der Waals surface area contributed by atoms with Crippen LogP contribution in [-0.2, 0) is 0 Å². The molecule has 0 bridgehead atoms. The molecule has 0 saturated carbocycles. The monoisotopic (exact) mass is 252 g/mol. The minimum Gasteiger partial charge on any atom is -0.329 e. The van der Waals surface area contributed by atoms with E-state index in [1.54, 1.807) is 0 Å². The Morgan fingerprint density at radius 1 is 1.53 bits per heavy atom. The van der Waals surface area contributed by atoms with E-state index in [1.165, 1.54) is 29.1 Å². The Labute approximate surface area is 109 Å². The van der Waals surface area contributed by atoms with Crippen molar-refractivity contribution in [3.8, 4) is 0 Å². The van der Waals surface area contributed by atoms with E-state index in [0.29, 0.717) is 12.1 Å². The lowest BCUT2D eigenvalue weighted by Crippen LogP contribution is -2.47. The quantitative estimate of drug-likeness (QED) is 0.895. The molecule has 0 radical (unpaired) electrons. The normalized spacial score (nSPS) is 28.2. The molecule has 1 saturated heterocycles. The second-order valence-electron chi connectivity index (χ2n) is 5.38. The number of rotatable bonds is 3. The SMILES string of the molecule is Cc1ccc(C(C)N2CCC(C)CC2CN)s1. The molecule has 96 valence electrons. The van der Waals surface area contributed by atoms with Crippen LogP contribution in [-0.4, -0.2) is 24.0 Å². The smallest absolute Gasteiger partial charge is 0.0416 e. The molecule has 3 heteroatoms. The maximum atomic E-state index is 5.94. The number of aryl methyl sites for hydroxylation is 1. The first kappa shape index (κ1) is 13.1. The highest BCUT2D eigenvalue weighted by Crippen LogP contribution is 2.33. The van der Waals surface area contributed by atoms with Crippen molar-refractivity contribution < 1.29 is 0 Å². The molecule has 0 aromatic carbocycles. The van der Waals surface area contributed by atoms with Gasteiger partial charge in [-0.1, -0.05) is 6.92 Å². The third kappa shape index (κ3) is 2.90. The predicted molar refractivity (Wildman–Crippen MR) is 75.4 cm³/mol. The van der Waals surface area contributed by atoms with E-state index in [2.05, 4.69) is 37.8 Å². The first-order chi connectivity index (χ1) is 8.11. The summed E-state index contributed by atoms with van der Waals surface area (Å²) < 4.78 is 0. The largest absolute Gasteiger partial charge is 0.329 e. The molecule has 0 aliphatic carbocycles. The van der Waals surface area contributed by atoms with Crippen LogP contribution < -0.4 is 5.73 Å². The highest BCUT2D eigenvalue weighted by atomic mass is 32.1. The number of hydrogen-bond donors (Lipinski definition) is 1. The van der Waals surface area contributed by atoms with E-state index in [9.17, 15) is 0 Å². The number of likely N-dealkylation sites (tertiary alicyclic amines) is 1. The van der Waals surface area contributed by atoms with Crippen LogP contribution >= 0.6 is 11.3 Å². The Morgan fingerprint density at radius 2 is 2.29 bits per heavy atom. The molecule has 1 fully saturated rings. The average Bonchev–Trinajstić information content (AvgIpc) is 2.75. The molecular formula is C14H24N2S. The highest BCUT2D eigenvalue weighted by molar-refractivity contribution is 7.12. The molecule has 2 nitrogen and oxygen atoms in total. The minimum absolute atomic E-state index is 0.523. The summed E-state index contributed by atoms with van der Waals surface area (Å²) in [4.78, 5) is 5.49. The van der Waals surface area contributed by atoms with Gasteiger partial charge in [0.2, 0.25) is 0 Å². The molecule has 3 atom stereocenters. The van der Waals surface area contributed by atoms with E-state index in [4.69, 9.17) is 5.73 Å². The van der Waals surface area contributed by atoms with Crippen LogP contribution in [0.4, 0.5) is 0 Å². The zero-order valence-corrected chi connectivity index (χ0v) is 12.0. The van der Waals surface area contributed by atoms with Crippen LogP contribution in [0.15, 0.2) is 12.1 Å². The van der Waals surface area contributed by atoms with Gasteiger partial charge in [0.05, 0.1) is 0 Å². The molecule has 1 aliphatic heterocycles. The summed E-state index contributed by atoms with van der Waals surface area (Å²) in [5.74, 6) is 0.831. The number of nitrogens with zero attached hydrogens (tertiary/aromatic N) is 1. The molecule has 1 aliphatic rings. The second kappa shape index (κ2) is 5.51. The number of thiophene rings is 1. The maximum Gasteiger partial charge on any atom is 0.0416 e. The van der Waals surface area contributed by atoms with E-state index in [1.807, 2.05) is 11.3 Å². The van der Waals surface area contributed by atoms with Crippen LogP contribution in [0.2, 0.25) is 0 Å². The third-order valence-corrected chi connectivity index (χ3v) is 5.14. The third-order valence-electron chi connectivity index (χ3n) is 3.97. The Bertz CT molecular complexity index is 361. The molecule has 2 heterocycles. The summed E-state index contributed by atoms with van der Waals surface area (Å²) in [6, 6.07) is 5.59. The van der Waals surface area contributed by atoms with Gasteiger partial charge in [-0.15, -0.1) is 11.3 Å². The van der Waals surface area contributed by atoms with Gasteiger partial charge in [0, 0.05) is 28.4 Å². The van der Waals surface area contributed by atoms with Crippen LogP contribution in [0, 0.1) is 12.8 Å². The van der Waals surface area contributed by atoms with Crippen molar-refractivity contribution in [1.29, 1.82) is 0 Å². The first-order valence-electron chi connectivity index (χ1n) is 6.64. The molecule has 2 N–H and O–H groups in total. The van der Waals surface area contributed by atoms with Crippen molar-refractivity contribution in [3.05, 3.63) is 21.9 Å². The predicted octanol–water partition coefficient (Wildman–Crippen LogP) is 3.18. The molecule has 0 amide bonds. The number of hydrogen-bond acceptors (Lipinski definition) is 3. The summed E-state index contributed by atoms with van der Waals surface area (Å²) in [5.41, 5.74) is 5.94. The standard InChI is InChI=1S/C14H24N2S/c1-10-6-7-16(13(8-10)9-15)12(3)14-5-4-11(2)17-14/h4-5,10,12-13H,6-9,15H2,1-3H3. The van der Waals surface area contributed by atoms with Gasteiger partial charge >= 0.3 is 0 Å². The van der Waals surface area contributed by atoms with Gasteiger partial charge in [-0.2, -0.15) is 0 Å². The van der Waals surface area contributed by atoms with Crippen LogP contribution in [0.3, 0.4) is 0 Å². The number of piperidine rings is 1. The van der Waals surface area contributed by atoms with Crippen molar-refractivity contribution in [3.63, 3.8) is 0 Å². The van der Waals surface area contributed by atoms with Crippen molar-refractivity contribution in [2.45, 2.75) is 45.7 Å². The fourth-order valence-electron chi connectivity index (χ4n) is 2.85. The molecule has 0 spiro atoms. The van der Waals surface area contributed by atoms with Gasteiger partial charge in [0.15, 0.2) is 0 Å². The first-order valence-corrected chi connectivity index (χ1v) is 7.45. The Balaban J connectivity index is 2.09. The molecule has 1 aromatic heterocycles. The van der Waals surface area contributed by atoms with E-state index >= 15 is 0 Å². The van der Waals surface area contributed by atoms with Gasteiger partial charge in [-0.25, -0.2) is 0 Å². The Hall–Kier alpha value is -0.380. The van der Waals surface area contributed by atoms with Crippen molar-refractivity contribution in [1.82, 2.24) is 4.90 Å². The summed E-state index contributed by atoms with van der Waals surface area (Å²) in [6.07, 6.45) is 2.57. The summed E-state index contributed by atoms with van der Waals surface area (Å²) in [5, 5.41) is 0. The van der Waals surface area contributed by atoms with Gasteiger partial charge in [-0.05, 0) is 51.3 Å². The van der Waals surface area contributed by atoms with Gasteiger partial charge < -0.3 is 5.73 Å². The zero-order valence-electron chi connectivity index (χ0n) is 11.1. The van der Waals surface area contributed by atoms with Crippen LogP contribution in [0.25, 0.3) is 0 Å². The van der Waals surface area contributed by atoms with Gasteiger partial charge in [0.25, 0.3) is 0 Å². The fraction of sp³-hybridized carbons (Fsp3) is 0.714. The lowest BCUT2D eigenvalue weighted by Gasteiger charge is -2.41. The Kier molecular flexibility index (Phi) is 4.23. The van der Waals surface area contributed by atoms with Crippen molar-refractivity contribution >= 4 is 11.3 Å². The lowest BCUT2D eigenvalue weighted by atomic mass is 9.91.